The number of aromatic amines is 1. The highest BCUT2D eigenvalue weighted by atomic mass is 79.9. The van der Waals surface area contributed by atoms with Gasteiger partial charge in [-0.25, -0.2) is 10.2 Å². The van der Waals surface area contributed by atoms with Crippen molar-refractivity contribution in [2.24, 2.45) is 5.10 Å². The summed E-state index contributed by atoms with van der Waals surface area (Å²) >= 11 is 19.3. The highest BCUT2D eigenvalue weighted by molar-refractivity contribution is 9.10. The Morgan fingerprint density at radius 3 is 2.38 bits per heavy atom. The Hall–Kier alpha value is -3.43. The Balaban J connectivity index is 1.43. The molecule has 10 heteroatoms. The van der Waals surface area contributed by atoms with E-state index < -0.39 is 11.9 Å². The van der Waals surface area contributed by atoms with Gasteiger partial charge in [-0.05, 0) is 66.7 Å². The van der Waals surface area contributed by atoms with E-state index in [-0.39, 0.29) is 5.75 Å². The third-order valence-electron chi connectivity index (χ3n) is 5.76. The van der Waals surface area contributed by atoms with Crippen LogP contribution in [0.5, 0.6) is 5.75 Å². The zero-order valence-electron chi connectivity index (χ0n) is 19.8. The van der Waals surface area contributed by atoms with Gasteiger partial charge in [0.2, 0.25) is 0 Å². The van der Waals surface area contributed by atoms with Crippen LogP contribution >= 0.6 is 55.1 Å². The lowest BCUT2D eigenvalue weighted by molar-refractivity contribution is 0.0734. The van der Waals surface area contributed by atoms with E-state index in [0.29, 0.717) is 38.0 Å². The smallest absolute Gasteiger partial charge is 0.343 e. The summed E-state index contributed by atoms with van der Waals surface area (Å²) in [6.45, 7) is 0. The first-order chi connectivity index (χ1) is 18.8. The molecule has 194 valence electrons. The van der Waals surface area contributed by atoms with Crippen molar-refractivity contribution in [2.75, 3.05) is 0 Å². The maximum absolute atomic E-state index is 13.3. The lowest BCUT2D eigenvalue weighted by Crippen LogP contribution is -2.19. The SMILES string of the molecule is O=C(Oc1ccc(Br)cc1C=NNC(=O)c1[nH]c2ccc(Br)cc2c1-c1ccccc1Cl)c1ccc(Cl)cc1. The monoisotopic (exact) mass is 683 g/mol. The number of aromatic nitrogens is 1. The van der Waals surface area contributed by atoms with Crippen LogP contribution < -0.4 is 10.2 Å². The number of nitrogens with one attached hydrogen (secondary N) is 2. The first-order valence-corrected chi connectivity index (χ1v) is 13.8. The summed E-state index contributed by atoms with van der Waals surface area (Å²) in [6, 6.07) is 24.5. The molecule has 5 aromatic rings. The van der Waals surface area contributed by atoms with E-state index in [1.807, 2.05) is 36.4 Å². The number of ether oxygens (including phenoxy) is 1. The lowest BCUT2D eigenvalue weighted by Gasteiger charge is -2.09. The summed E-state index contributed by atoms with van der Waals surface area (Å²) in [7, 11) is 0. The van der Waals surface area contributed by atoms with E-state index in [9.17, 15) is 9.59 Å². The van der Waals surface area contributed by atoms with Gasteiger partial charge in [-0.15, -0.1) is 0 Å². The molecule has 5 rings (SSSR count). The standard InChI is InChI=1S/C29H17Br2Cl2N3O3/c30-18-8-12-25(39-29(38)16-5-9-20(32)10-6-16)17(13-18)15-34-36-28(37)27-26(21-3-1-2-4-23(21)33)22-14-19(31)7-11-24(22)35-27/h1-15,35H,(H,36,37). The van der Waals surface area contributed by atoms with Crippen LogP contribution in [0.1, 0.15) is 26.4 Å². The molecule has 1 aromatic heterocycles. The Bertz CT molecular complexity index is 1750. The number of esters is 1. The number of benzene rings is 4. The van der Waals surface area contributed by atoms with Gasteiger partial charge in [0.05, 0.1) is 11.8 Å². The van der Waals surface area contributed by atoms with Crippen molar-refractivity contribution in [1.29, 1.82) is 0 Å². The van der Waals surface area contributed by atoms with Gasteiger partial charge in [-0.1, -0.05) is 73.3 Å². The van der Waals surface area contributed by atoms with Gasteiger partial charge in [0.15, 0.2) is 0 Å². The van der Waals surface area contributed by atoms with Gasteiger partial charge in [-0.3, -0.25) is 4.79 Å². The number of hydrazone groups is 1. The van der Waals surface area contributed by atoms with Crippen molar-refractivity contribution in [3.8, 4) is 16.9 Å². The Morgan fingerprint density at radius 2 is 1.62 bits per heavy atom. The number of nitrogens with zero attached hydrogens (tertiary/aromatic N) is 1. The minimum Gasteiger partial charge on any atom is -0.422 e. The highest BCUT2D eigenvalue weighted by Gasteiger charge is 2.21. The molecule has 0 aliphatic rings. The molecule has 39 heavy (non-hydrogen) atoms. The van der Waals surface area contributed by atoms with Crippen LogP contribution in [0.3, 0.4) is 0 Å². The third kappa shape index (κ3) is 6.09. The fourth-order valence-corrected chi connectivity index (χ4v) is 5.05. The summed E-state index contributed by atoms with van der Waals surface area (Å²) in [4.78, 5) is 29.1. The second-order valence-corrected chi connectivity index (χ2v) is 11.0. The molecular formula is C29H17Br2Cl2N3O3. The molecule has 1 amide bonds. The fourth-order valence-electron chi connectivity index (χ4n) is 3.95. The maximum Gasteiger partial charge on any atom is 0.343 e. The summed E-state index contributed by atoms with van der Waals surface area (Å²) in [6.07, 6.45) is 1.40. The van der Waals surface area contributed by atoms with E-state index in [4.69, 9.17) is 27.9 Å². The minimum absolute atomic E-state index is 0.267. The van der Waals surface area contributed by atoms with E-state index in [1.54, 1.807) is 48.5 Å². The average Bonchev–Trinajstić information content (AvgIpc) is 3.29. The molecule has 0 bridgehead atoms. The number of hydrogen-bond acceptors (Lipinski definition) is 4. The van der Waals surface area contributed by atoms with E-state index in [2.05, 4.69) is 47.4 Å². The number of fused-ring (bicyclic) bond motifs is 1. The number of hydrogen-bond donors (Lipinski definition) is 2. The van der Waals surface area contributed by atoms with Gasteiger partial charge in [0.25, 0.3) is 5.91 Å². The van der Waals surface area contributed by atoms with Crippen molar-refractivity contribution in [3.63, 3.8) is 0 Å². The quantitative estimate of drug-likeness (QED) is 0.0812. The summed E-state index contributed by atoms with van der Waals surface area (Å²) in [5.74, 6) is -0.757. The topological polar surface area (TPSA) is 83.5 Å². The van der Waals surface area contributed by atoms with Crippen LogP contribution in [0, 0.1) is 0 Å². The van der Waals surface area contributed by atoms with Crippen molar-refractivity contribution in [2.45, 2.75) is 0 Å². The van der Waals surface area contributed by atoms with Crippen LogP contribution in [-0.2, 0) is 0 Å². The van der Waals surface area contributed by atoms with Crippen LogP contribution in [0.2, 0.25) is 10.0 Å². The van der Waals surface area contributed by atoms with Gasteiger partial charge >= 0.3 is 5.97 Å². The van der Waals surface area contributed by atoms with Crippen LogP contribution in [0.25, 0.3) is 22.0 Å². The number of carbonyl (C=O) groups is 2. The third-order valence-corrected chi connectivity index (χ3v) is 7.32. The normalized spacial score (nSPS) is 11.2. The number of amides is 1. The van der Waals surface area contributed by atoms with E-state index in [0.717, 1.165) is 19.8 Å². The predicted octanol–water partition coefficient (Wildman–Crippen LogP) is 8.65. The van der Waals surface area contributed by atoms with E-state index >= 15 is 0 Å². The zero-order valence-corrected chi connectivity index (χ0v) is 24.5. The number of halogens is 4. The summed E-state index contributed by atoms with van der Waals surface area (Å²) < 4.78 is 7.18. The van der Waals surface area contributed by atoms with Crippen molar-refractivity contribution < 1.29 is 14.3 Å². The van der Waals surface area contributed by atoms with Gasteiger partial charge in [0, 0.05) is 46.6 Å². The summed E-state index contributed by atoms with van der Waals surface area (Å²) in [5, 5.41) is 5.99. The molecule has 0 unspecified atom stereocenters. The van der Waals surface area contributed by atoms with Crippen molar-refractivity contribution in [3.05, 3.63) is 121 Å². The van der Waals surface area contributed by atoms with Gasteiger partial charge in [-0.2, -0.15) is 5.10 Å². The molecule has 0 atom stereocenters. The molecule has 0 radical (unpaired) electrons. The first-order valence-electron chi connectivity index (χ1n) is 11.5. The summed E-state index contributed by atoms with van der Waals surface area (Å²) in [5.41, 5.74) is 5.82. The average molecular weight is 686 g/mol. The second kappa shape index (κ2) is 11.8. The molecule has 1 heterocycles. The lowest BCUT2D eigenvalue weighted by atomic mass is 10.0. The highest BCUT2D eigenvalue weighted by Crippen LogP contribution is 2.37. The maximum atomic E-state index is 13.3. The molecular weight excluding hydrogens is 669 g/mol. The largest absolute Gasteiger partial charge is 0.422 e. The molecule has 0 saturated carbocycles. The number of rotatable bonds is 6. The molecule has 0 saturated heterocycles. The molecule has 0 aliphatic carbocycles. The molecule has 0 spiro atoms. The second-order valence-electron chi connectivity index (χ2n) is 8.32. The predicted molar refractivity (Wildman–Crippen MR) is 162 cm³/mol. The molecule has 6 nitrogen and oxygen atoms in total. The molecule has 2 N–H and O–H groups in total. The molecule has 0 fully saturated rings. The minimum atomic E-state index is -0.554. The fraction of sp³-hybridized carbons (Fsp3) is 0. The zero-order chi connectivity index (χ0) is 27.5. The Kier molecular flexibility index (Phi) is 8.18. The Labute approximate surface area is 250 Å². The molecule has 0 aliphatic heterocycles. The number of H-pyrrole nitrogens is 1. The van der Waals surface area contributed by atoms with Crippen LogP contribution in [0.15, 0.2) is 99.0 Å². The Morgan fingerprint density at radius 1 is 0.897 bits per heavy atom. The first kappa shape index (κ1) is 27.1. The van der Waals surface area contributed by atoms with Gasteiger partial charge < -0.3 is 9.72 Å². The van der Waals surface area contributed by atoms with Gasteiger partial charge in [0.1, 0.15) is 11.4 Å². The van der Waals surface area contributed by atoms with E-state index in [1.165, 1.54) is 6.21 Å². The van der Waals surface area contributed by atoms with Crippen molar-refractivity contribution in [1.82, 2.24) is 10.4 Å². The van der Waals surface area contributed by atoms with Crippen LogP contribution in [-0.4, -0.2) is 23.1 Å². The van der Waals surface area contributed by atoms with Crippen LogP contribution in [0.4, 0.5) is 0 Å². The van der Waals surface area contributed by atoms with Crippen molar-refractivity contribution >= 4 is 84.1 Å². The molecule has 4 aromatic carbocycles. The number of carbonyl (C=O) groups excluding carboxylic acids is 2.